The maximum absolute atomic E-state index is 11.5. The molecule has 0 unspecified atom stereocenters. The summed E-state index contributed by atoms with van der Waals surface area (Å²) in [6.07, 6.45) is 0.510. The summed E-state index contributed by atoms with van der Waals surface area (Å²) in [4.78, 5) is 22.5. The lowest BCUT2D eigenvalue weighted by molar-refractivity contribution is -0.140. The van der Waals surface area contributed by atoms with Crippen molar-refractivity contribution in [3.05, 3.63) is 34.9 Å². The Balaban J connectivity index is 3.03. The van der Waals surface area contributed by atoms with E-state index in [1.807, 2.05) is 6.07 Å². The second-order valence-corrected chi connectivity index (χ2v) is 3.52. The minimum Gasteiger partial charge on any atom is -0.469 e. The Morgan fingerprint density at radius 3 is 2.56 bits per heavy atom. The Labute approximate surface area is 105 Å². The normalized spacial score (nSPS) is 9.39. The summed E-state index contributed by atoms with van der Waals surface area (Å²) in [6.45, 7) is 0. The molecule has 0 aromatic heterocycles. The lowest BCUT2D eigenvalue weighted by Gasteiger charge is -2.07. The van der Waals surface area contributed by atoms with Crippen LogP contribution < -0.4 is 0 Å². The average molecular weight is 247 g/mol. The molecule has 0 aliphatic heterocycles. The quantitative estimate of drug-likeness (QED) is 0.752. The molecule has 0 atom stereocenters. The van der Waals surface area contributed by atoms with Crippen LogP contribution in [-0.4, -0.2) is 26.2 Å². The number of nitrogens with zero attached hydrogens (tertiary/aromatic N) is 1. The summed E-state index contributed by atoms with van der Waals surface area (Å²) in [5, 5.41) is 9.09. The highest BCUT2D eigenvalue weighted by molar-refractivity contribution is 5.92. The first-order chi connectivity index (χ1) is 8.63. The van der Waals surface area contributed by atoms with Crippen LogP contribution in [0.2, 0.25) is 0 Å². The Bertz CT molecular complexity index is 502. The molecule has 0 N–H and O–H groups in total. The van der Waals surface area contributed by atoms with Crippen molar-refractivity contribution in [2.45, 2.75) is 12.8 Å². The van der Waals surface area contributed by atoms with Gasteiger partial charge in [-0.2, -0.15) is 5.26 Å². The van der Waals surface area contributed by atoms with Gasteiger partial charge >= 0.3 is 11.9 Å². The number of aryl methyl sites for hydroxylation is 1. The fourth-order valence-electron chi connectivity index (χ4n) is 1.56. The van der Waals surface area contributed by atoms with Gasteiger partial charge in [0, 0.05) is 6.42 Å². The third kappa shape index (κ3) is 3.08. The number of carbonyl (C=O) groups is 2. The van der Waals surface area contributed by atoms with Crippen LogP contribution in [0.3, 0.4) is 0 Å². The van der Waals surface area contributed by atoms with Gasteiger partial charge in [0.1, 0.15) is 6.07 Å². The molecule has 0 aliphatic carbocycles. The van der Waals surface area contributed by atoms with Crippen LogP contribution in [0, 0.1) is 11.3 Å². The highest BCUT2D eigenvalue weighted by Gasteiger charge is 2.15. The van der Waals surface area contributed by atoms with Crippen molar-refractivity contribution in [1.82, 2.24) is 0 Å². The van der Waals surface area contributed by atoms with Crippen LogP contribution in [0.4, 0.5) is 0 Å². The van der Waals surface area contributed by atoms with E-state index in [4.69, 9.17) is 5.26 Å². The van der Waals surface area contributed by atoms with Crippen molar-refractivity contribution in [2.24, 2.45) is 0 Å². The Hall–Kier alpha value is -2.35. The van der Waals surface area contributed by atoms with Crippen LogP contribution in [0.25, 0.3) is 0 Å². The largest absolute Gasteiger partial charge is 0.469 e. The molecule has 1 aromatic carbocycles. The molecular formula is C13H13NO4. The minimum atomic E-state index is -0.563. The molecular weight excluding hydrogens is 234 g/mol. The number of carbonyl (C=O) groups excluding carboxylic acids is 2. The molecule has 0 saturated heterocycles. The summed E-state index contributed by atoms with van der Waals surface area (Å²) < 4.78 is 9.13. The number of methoxy groups -OCH3 is 2. The van der Waals surface area contributed by atoms with Crippen molar-refractivity contribution in [3.63, 3.8) is 0 Å². The summed E-state index contributed by atoms with van der Waals surface area (Å²) in [7, 11) is 2.56. The molecule has 0 heterocycles. The number of rotatable bonds is 4. The molecule has 0 amide bonds. The highest BCUT2D eigenvalue weighted by Crippen LogP contribution is 2.16. The first-order valence-corrected chi connectivity index (χ1v) is 5.31. The van der Waals surface area contributed by atoms with Crippen molar-refractivity contribution in [3.8, 4) is 6.07 Å². The van der Waals surface area contributed by atoms with E-state index < -0.39 is 5.97 Å². The average Bonchev–Trinajstić information content (AvgIpc) is 2.43. The van der Waals surface area contributed by atoms with E-state index in [1.165, 1.54) is 20.3 Å². The van der Waals surface area contributed by atoms with Crippen molar-refractivity contribution in [2.75, 3.05) is 14.2 Å². The van der Waals surface area contributed by atoms with Crippen LogP contribution in [0.1, 0.15) is 27.9 Å². The maximum Gasteiger partial charge on any atom is 0.339 e. The zero-order valence-electron chi connectivity index (χ0n) is 10.2. The topological polar surface area (TPSA) is 76.4 Å². The molecule has 94 valence electrons. The van der Waals surface area contributed by atoms with Crippen molar-refractivity contribution < 1.29 is 19.1 Å². The second kappa shape index (κ2) is 6.40. The first kappa shape index (κ1) is 13.7. The number of ether oxygens (including phenoxy) is 2. The van der Waals surface area contributed by atoms with Gasteiger partial charge in [0.05, 0.1) is 25.3 Å². The van der Waals surface area contributed by atoms with Gasteiger partial charge in [0.15, 0.2) is 0 Å². The number of esters is 2. The van der Waals surface area contributed by atoms with Gasteiger partial charge < -0.3 is 9.47 Å². The van der Waals surface area contributed by atoms with Gasteiger partial charge in [-0.15, -0.1) is 0 Å². The molecule has 0 aliphatic rings. The molecule has 0 spiro atoms. The molecule has 0 radical (unpaired) electrons. The fraction of sp³-hybridized carbons (Fsp3) is 0.308. The van der Waals surface area contributed by atoms with Gasteiger partial charge in [-0.3, -0.25) is 4.79 Å². The van der Waals surface area contributed by atoms with E-state index >= 15 is 0 Å². The number of nitriles is 1. The minimum absolute atomic E-state index is 0.163. The van der Waals surface area contributed by atoms with E-state index in [-0.39, 0.29) is 23.5 Å². The van der Waals surface area contributed by atoms with E-state index in [0.29, 0.717) is 12.0 Å². The Morgan fingerprint density at radius 1 is 1.28 bits per heavy atom. The van der Waals surface area contributed by atoms with Gasteiger partial charge in [-0.05, 0) is 18.1 Å². The summed E-state index contributed by atoms with van der Waals surface area (Å²) in [5.41, 5.74) is 1.08. The van der Waals surface area contributed by atoms with Crippen LogP contribution >= 0.6 is 0 Å². The van der Waals surface area contributed by atoms with E-state index in [2.05, 4.69) is 9.47 Å². The molecule has 5 nitrogen and oxygen atoms in total. The standard InChI is InChI=1S/C13H13NO4/c1-17-12(15)7-6-9-4-3-5-10(11(9)8-14)13(16)18-2/h3-5H,6-7H2,1-2H3. The lowest BCUT2D eigenvalue weighted by atomic mass is 9.98. The maximum atomic E-state index is 11.5. The smallest absolute Gasteiger partial charge is 0.339 e. The SMILES string of the molecule is COC(=O)CCc1cccc(C(=O)OC)c1C#N. The molecule has 0 saturated carbocycles. The van der Waals surface area contributed by atoms with Gasteiger partial charge in [0.2, 0.25) is 0 Å². The fourth-order valence-corrected chi connectivity index (χ4v) is 1.56. The second-order valence-electron chi connectivity index (χ2n) is 3.52. The van der Waals surface area contributed by atoms with Gasteiger partial charge in [-0.1, -0.05) is 12.1 Å². The molecule has 18 heavy (non-hydrogen) atoms. The molecule has 1 aromatic rings. The van der Waals surface area contributed by atoms with E-state index in [0.717, 1.165) is 0 Å². The zero-order valence-corrected chi connectivity index (χ0v) is 10.2. The predicted molar refractivity (Wildman–Crippen MR) is 62.8 cm³/mol. The predicted octanol–water partition coefficient (Wildman–Crippen LogP) is 1.45. The van der Waals surface area contributed by atoms with Crippen LogP contribution in [0.5, 0.6) is 0 Å². The van der Waals surface area contributed by atoms with E-state index in [1.54, 1.807) is 12.1 Å². The Morgan fingerprint density at radius 2 is 2.00 bits per heavy atom. The Kier molecular flexibility index (Phi) is 4.88. The molecule has 0 fully saturated rings. The summed E-state index contributed by atoms with van der Waals surface area (Å²) in [6, 6.07) is 6.84. The van der Waals surface area contributed by atoms with Gasteiger partial charge in [0.25, 0.3) is 0 Å². The number of hydrogen-bond acceptors (Lipinski definition) is 5. The van der Waals surface area contributed by atoms with Gasteiger partial charge in [-0.25, -0.2) is 4.79 Å². The van der Waals surface area contributed by atoms with Crippen molar-refractivity contribution >= 4 is 11.9 Å². The third-order valence-electron chi connectivity index (χ3n) is 2.49. The number of hydrogen-bond donors (Lipinski definition) is 0. The summed E-state index contributed by atoms with van der Waals surface area (Å²) >= 11 is 0. The highest BCUT2D eigenvalue weighted by atomic mass is 16.5. The first-order valence-electron chi connectivity index (χ1n) is 5.31. The van der Waals surface area contributed by atoms with E-state index in [9.17, 15) is 9.59 Å². The lowest BCUT2D eigenvalue weighted by Crippen LogP contribution is -2.08. The number of benzene rings is 1. The zero-order chi connectivity index (χ0) is 13.5. The summed E-state index contributed by atoms with van der Waals surface area (Å²) in [5.74, 6) is -0.922. The third-order valence-corrected chi connectivity index (χ3v) is 2.49. The monoisotopic (exact) mass is 247 g/mol. The molecule has 1 rings (SSSR count). The van der Waals surface area contributed by atoms with Crippen LogP contribution in [-0.2, 0) is 20.7 Å². The molecule has 5 heteroatoms. The van der Waals surface area contributed by atoms with Crippen molar-refractivity contribution in [1.29, 1.82) is 5.26 Å². The van der Waals surface area contributed by atoms with Crippen LogP contribution in [0.15, 0.2) is 18.2 Å². The molecule has 0 bridgehead atoms.